The van der Waals surface area contributed by atoms with Gasteiger partial charge in [-0.15, -0.1) is 0 Å². The van der Waals surface area contributed by atoms with Crippen molar-refractivity contribution in [3.05, 3.63) is 29.3 Å². The molecule has 1 aliphatic carbocycles. The maximum Gasteiger partial charge on any atom is 0.124 e. The van der Waals surface area contributed by atoms with Crippen molar-refractivity contribution >= 4 is 0 Å². The third kappa shape index (κ3) is 3.05. The molecule has 1 aliphatic rings. The summed E-state index contributed by atoms with van der Waals surface area (Å²) >= 11 is 0. The number of nitrogens with two attached hydrogens (primary N) is 1. The van der Waals surface area contributed by atoms with Crippen LogP contribution in [0.1, 0.15) is 57.6 Å². The number of benzene rings is 1. The summed E-state index contributed by atoms with van der Waals surface area (Å²) in [5.74, 6) is 0.997. The van der Waals surface area contributed by atoms with Gasteiger partial charge in [-0.2, -0.15) is 0 Å². The molecule has 2 nitrogen and oxygen atoms in total. The summed E-state index contributed by atoms with van der Waals surface area (Å²) in [5.41, 5.74) is 8.39. The van der Waals surface area contributed by atoms with Gasteiger partial charge in [-0.05, 0) is 42.7 Å². The van der Waals surface area contributed by atoms with Crippen molar-refractivity contribution in [2.75, 3.05) is 0 Å². The van der Waals surface area contributed by atoms with E-state index in [0.29, 0.717) is 12.6 Å². The van der Waals surface area contributed by atoms with Crippen LogP contribution in [-0.2, 0) is 12.0 Å². The Hall–Kier alpha value is -1.02. The van der Waals surface area contributed by atoms with Crippen LogP contribution >= 0.6 is 0 Å². The summed E-state index contributed by atoms with van der Waals surface area (Å²) in [6.07, 6.45) is 5.35. The van der Waals surface area contributed by atoms with E-state index in [2.05, 4.69) is 39.0 Å². The van der Waals surface area contributed by atoms with Gasteiger partial charge >= 0.3 is 0 Å². The van der Waals surface area contributed by atoms with E-state index in [9.17, 15) is 0 Å². The van der Waals surface area contributed by atoms with Crippen LogP contribution in [0.25, 0.3) is 0 Å². The largest absolute Gasteiger partial charge is 0.490 e. The lowest BCUT2D eigenvalue weighted by molar-refractivity contribution is 0.207. The van der Waals surface area contributed by atoms with Gasteiger partial charge in [0, 0.05) is 12.1 Å². The molecule has 1 fully saturated rings. The molecule has 0 aromatic heterocycles. The fourth-order valence-corrected chi connectivity index (χ4v) is 2.49. The van der Waals surface area contributed by atoms with Gasteiger partial charge in [-0.3, -0.25) is 0 Å². The highest BCUT2D eigenvalue weighted by molar-refractivity contribution is 5.40. The normalized spacial score (nSPS) is 17.1. The van der Waals surface area contributed by atoms with Crippen molar-refractivity contribution in [3.63, 3.8) is 0 Å². The number of ether oxygens (including phenoxy) is 1. The Kier molecular flexibility index (Phi) is 3.96. The quantitative estimate of drug-likeness (QED) is 0.882. The first-order chi connectivity index (χ1) is 8.50. The minimum atomic E-state index is 0.154. The van der Waals surface area contributed by atoms with Crippen LogP contribution < -0.4 is 10.5 Å². The molecular formula is C16H25NO. The zero-order chi connectivity index (χ0) is 13.2. The first kappa shape index (κ1) is 13.4. The number of hydrogen-bond donors (Lipinski definition) is 1. The minimum Gasteiger partial charge on any atom is -0.490 e. The maximum atomic E-state index is 6.15. The van der Waals surface area contributed by atoms with Gasteiger partial charge in [0.25, 0.3) is 0 Å². The van der Waals surface area contributed by atoms with Gasteiger partial charge < -0.3 is 10.5 Å². The molecule has 0 amide bonds. The molecule has 1 aromatic carbocycles. The Morgan fingerprint density at radius 3 is 2.44 bits per heavy atom. The van der Waals surface area contributed by atoms with Crippen LogP contribution in [0.15, 0.2) is 18.2 Å². The van der Waals surface area contributed by atoms with Crippen molar-refractivity contribution < 1.29 is 4.74 Å². The van der Waals surface area contributed by atoms with E-state index in [4.69, 9.17) is 10.5 Å². The molecule has 2 N–H and O–H groups in total. The van der Waals surface area contributed by atoms with E-state index in [1.807, 2.05) is 0 Å². The van der Waals surface area contributed by atoms with Gasteiger partial charge in [0.2, 0.25) is 0 Å². The fourth-order valence-electron chi connectivity index (χ4n) is 2.49. The van der Waals surface area contributed by atoms with Crippen molar-refractivity contribution in [2.24, 2.45) is 5.73 Å². The summed E-state index contributed by atoms with van der Waals surface area (Å²) in [4.78, 5) is 0. The van der Waals surface area contributed by atoms with Crippen molar-refractivity contribution in [2.45, 2.75) is 64.5 Å². The molecule has 0 bridgehead atoms. The molecule has 2 heteroatoms. The maximum absolute atomic E-state index is 6.15. The van der Waals surface area contributed by atoms with E-state index in [-0.39, 0.29) is 5.41 Å². The second-order valence-electron chi connectivity index (χ2n) is 6.30. The second-order valence-corrected chi connectivity index (χ2v) is 6.30. The molecule has 1 aromatic rings. The van der Waals surface area contributed by atoms with Crippen LogP contribution in [0.2, 0.25) is 0 Å². The molecular weight excluding hydrogens is 222 g/mol. The van der Waals surface area contributed by atoms with Gasteiger partial charge in [-0.25, -0.2) is 0 Å². The van der Waals surface area contributed by atoms with Crippen LogP contribution in [-0.4, -0.2) is 6.10 Å². The first-order valence-corrected chi connectivity index (χ1v) is 7.01. The Morgan fingerprint density at radius 1 is 1.22 bits per heavy atom. The van der Waals surface area contributed by atoms with E-state index in [0.717, 1.165) is 11.3 Å². The third-order valence-electron chi connectivity index (χ3n) is 3.75. The highest BCUT2D eigenvalue weighted by Gasteiger charge is 2.20. The lowest BCUT2D eigenvalue weighted by Gasteiger charge is -2.23. The molecule has 0 radical (unpaired) electrons. The van der Waals surface area contributed by atoms with Crippen LogP contribution in [0.5, 0.6) is 5.75 Å². The van der Waals surface area contributed by atoms with Crippen molar-refractivity contribution in [1.29, 1.82) is 0 Å². The van der Waals surface area contributed by atoms with Crippen molar-refractivity contribution in [3.8, 4) is 5.75 Å². The zero-order valence-electron chi connectivity index (χ0n) is 11.8. The van der Waals surface area contributed by atoms with Crippen LogP contribution in [0.3, 0.4) is 0 Å². The highest BCUT2D eigenvalue weighted by atomic mass is 16.5. The van der Waals surface area contributed by atoms with Gasteiger partial charge in [0.05, 0.1) is 6.10 Å². The van der Waals surface area contributed by atoms with Gasteiger partial charge in [-0.1, -0.05) is 32.9 Å². The SMILES string of the molecule is CC(C)(C)c1ccc(CN)c(OC2CCCC2)c1. The fraction of sp³-hybridized carbons (Fsp3) is 0.625. The monoisotopic (exact) mass is 247 g/mol. The second kappa shape index (κ2) is 5.31. The molecule has 2 rings (SSSR count). The molecule has 0 aliphatic heterocycles. The smallest absolute Gasteiger partial charge is 0.124 e. The lowest BCUT2D eigenvalue weighted by atomic mass is 9.86. The summed E-state index contributed by atoms with van der Waals surface area (Å²) in [6.45, 7) is 7.23. The Morgan fingerprint density at radius 2 is 1.89 bits per heavy atom. The number of hydrogen-bond acceptors (Lipinski definition) is 2. The molecule has 0 spiro atoms. The molecule has 18 heavy (non-hydrogen) atoms. The minimum absolute atomic E-state index is 0.154. The topological polar surface area (TPSA) is 35.2 Å². The molecule has 100 valence electrons. The zero-order valence-corrected chi connectivity index (χ0v) is 11.8. The van der Waals surface area contributed by atoms with E-state index in [1.165, 1.54) is 31.2 Å². The highest BCUT2D eigenvalue weighted by Crippen LogP contribution is 2.31. The summed E-state index contributed by atoms with van der Waals surface area (Å²) in [7, 11) is 0. The first-order valence-electron chi connectivity index (χ1n) is 7.01. The van der Waals surface area contributed by atoms with Crippen LogP contribution in [0.4, 0.5) is 0 Å². The molecule has 0 heterocycles. The standard InChI is InChI=1S/C16H25NO/c1-16(2,3)13-9-8-12(11-17)15(10-13)18-14-6-4-5-7-14/h8-10,14H,4-7,11,17H2,1-3H3. The lowest BCUT2D eigenvalue weighted by Crippen LogP contribution is -2.16. The third-order valence-corrected chi connectivity index (χ3v) is 3.75. The van der Waals surface area contributed by atoms with E-state index in [1.54, 1.807) is 0 Å². The predicted octanol–water partition coefficient (Wildman–Crippen LogP) is 3.76. The summed E-state index contributed by atoms with van der Waals surface area (Å²) in [6, 6.07) is 6.47. The molecule has 1 saturated carbocycles. The average molecular weight is 247 g/mol. The Balaban J connectivity index is 2.24. The van der Waals surface area contributed by atoms with E-state index < -0.39 is 0 Å². The Bertz CT molecular complexity index is 400. The summed E-state index contributed by atoms with van der Waals surface area (Å²) < 4.78 is 6.15. The average Bonchev–Trinajstić information content (AvgIpc) is 2.80. The van der Waals surface area contributed by atoms with Crippen LogP contribution in [0, 0.1) is 0 Å². The predicted molar refractivity (Wildman–Crippen MR) is 75.9 cm³/mol. The molecule has 0 atom stereocenters. The van der Waals surface area contributed by atoms with Gasteiger partial charge in [0.1, 0.15) is 5.75 Å². The number of rotatable bonds is 3. The molecule has 0 unspecified atom stereocenters. The van der Waals surface area contributed by atoms with Gasteiger partial charge in [0.15, 0.2) is 0 Å². The van der Waals surface area contributed by atoms with Crippen molar-refractivity contribution in [1.82, 2.24) is 0 Å². The summed E-state index contributed by atoms with van der Waals surface area (Å²) in [5, 5.41) is 0. The molecule has 0 saturated heterocycles. The Labute approximate surface area is 111 Å². The van der Waals surface area contributed by atoms with E-state index >= 15 is 0 Å².